The van der Waals surface area contributed by atoms with Crippen LogP contribution in [0.4, 0.5) is 5.69 Å². The number of phenols is 1. The van der Waals surface area contributed by atoms with Gasteiger partial charge in [0.05, 0.1) is 5.56 Å². The Kier molecular flexibility index (Phi) is 4.79. The molecule has 152 valence electrons. The third-order valence-electron chi connectivity index (χ3n) is 4.98. The number of carboxylic acids is 1. The summed E-state index contributed by atoms with van der Waals surface area (Å²) in [5, 5.41) is 32.5. The van der Waals surface area contributed by atoms with Gasteiger partial charge in [-0.3, -0.25) is 4.79 Å². The van der Waals surface area contributed by atoms with E-state index in [9.17, 15) is 24.9 Å². The molecule has 0 radical (unpaired) electrons. The van der Waals surface area contributed by atoms with Gasteiger partial charge in [-0.05, 0) is 30.3 Å². The molecule has 0 bridgehead atoms. The zero-order valence-corrected chi connectivity index (χ0v) is 16.0. The highest BCUT2D eigenvalue weighted by Gasteiger charge is 2.32. The number of aliphatic hydroxyl groups is 1. The number of carbonyl (C=O) groups is 2. The normalized spacial score (nSPS) is 16.8. The second-order valence-electron chi connectivity index (χ2n) is 6.91. The predicted octanol–water partition coefficient (Wildman–Crippen LogP) is 4.01. The number of ether oxygens (including phenoxy) is 1. The maximum atomic E-state index is 12.1. The van der Waals surface area contributed by atoms with Crippen molar-refractivity contribution in [3.63, 3.8) is 0 Å². The molecular weight excluding hydrogens is 386 g/mol. The summed E-state index contributed by atoms with van der Waals surface area (Å²) in [5.74, 6) is -1.06. The van der Waals surface area contributed by atoms with E-state index in [0.29, 0.717) is 33.7 Å². The van der Waals surface area contributed by atoms with Gasteiger partial charge in [-0.2, -0.15) is 0 Å². The highest BCUT2D eigenvalue weighted by Crippen LogP contribution is 2.46. The number of anilines is 1. The van der Waals surface area contributed by atoms with E-state index in [4.69, 9.17) is 4.74 Å². The molecule has 1 aliphatic heterocycles. The first-order valence-corrected chi connectivity index (χ1v) is 9.38. The summed E-state index contributed by atoms with van der Waals surface area (Å²) in [6.45, 7) is 1.71. The summed E-state index contributed by atoms with van der Waals surface area (Å²) in [5.41, 5.74) is 2.45. The predicted molar refractivity (Wildman–Crippen MR) is 111 cm³/mol. The third-order valence-corrected chi connectivity index (χ3v) is 4.98. The lowest BCUT2D eigenvalue weighted by Crippen LogP contribution is -2.25. The molecule has 1 heterocycles. The van der Waals surface area contributed by atoms with E-state index in [0.717, 1.165) is 0 Å². The Labute approximate surface area is 172 Å². The summed E-state index contributed by atoms with van der Waals surface area (Å²) >= 11 is 0. The van der Waals surface area contributed by atoms with Crippen molar-refractivity contribution in [2.75, 3.05) is 5.32 Å². The first-order chi connectivity index (χ1) is 14.4. The lowest BCUT2D eigenvalue weighted by Gasteiger charge is -2.31. The number of benzene rings is 2. The molecule has 0 saturated carbocycles. The van der Waals surface area contributed by atoms with Gasteiger partial charge < -0.3 is 25.4 Å². The largest absolute Gasteiger partial charge is 0.508 e. The van der Waals surface area contributed by atoms with Gasteiger partial charge in [0.25, 0.3) is 0 Å². The van der Waals surface area contributed by atoms with Crippen LogP contribution in [0.15, 0.2) is 66.0 Å². The second-order valence-corrected chi connectivity index (χ2v) is 6.91. The van der Waals surface area contributed by atoms with Crippen molar-refractivity contribution in [1.82, 2.24) is 0 Å². The van der Waals surface area contributed by atoms with Crippen molar-refractivity contribution in [2.24, 2.45) is 0 Å². The third kappa shape index (κ3) is 3.30. The molecule has 1 aliphatic carbocycles. The topological polar surface area (TPSA) is 116 Å². The van der Waals surface area contributed by atoms with E-state index in [2.05, 4.69) is 5.32 Å². The number of phenolic OH excluding ortho intramolecular Hbond substituents is 1. The number of fused-ring (bicyclic) bond motifs is 2. The van der Waals surface area contributed by atoms with E-state index in [-0.39, 0.29) is 29.4 Å². The van der Waals surface area contributed by atoms with Crippen molar-refractivity contribution in [1.29, 1.82) is 0 Å². The first kappa shape index (κ1) is 19.3. The number of aliphatic hydroxyl groups excluding tert-OH is 1. The number of carbonyl (C=O) groups excluding carboxylic acids is 1. The van der Waals surface area contributed by atoms with Crippen molar-refractivity contribution >= 4 is 23.1 Å². The average Bonchev–Trinajstić information content (AvgIpc) is 2.71. The van der Waals surface area contributed by atoms with Crippen LogP contribution in [0.3, 0.4) is 0 Å². The molecule has 2 aromatic rings. The van der Waals surface area contributed by atoms with Gasteiger partial charge in [0.2, 0.25) is 5.91 Å². The van der Waals surface area contributed by atoms with Gasteiger partial charge >= 0.3 is 5.97 Å². The fourth-order valence-electron chi connectivity index (χ4n) is 3.62. The molecule has 4 N–H and O–H groups in total. The zero-order valence-electron chi connectivity index (χ0n) is 16.0. The van der Waals surface area contributed by atoms with E-state index in [1.807, 2.05) is 0 Å². The van der Waals surface area contributed by atoms with E-state index in [1.54, 1.807) is 31.2 Å². The number of aromatic hydroxyl groups is 1. The minimum Gasteiger partial charge on any atom is -0.508 e. The Morgan fingerprint density at radius 2 is 1.93 bits per heavy atom. The van der Waals surface area contributed by atoms with Crippen molar-refractivity contribution in [2.45, 2.75) is 19.4 Å². The molecule has 0 spiro atoms. The number of hydrogen-bond acceptors (Lipinski definition) is 5. The van der Waals surface area contributed by atoms with Crippen molar-refractivity contribution in [3.8, 4) is 11.5 Å². The Morgan fingerprint density at radius 1 is 1.13 bits per heavy atom. The Morgan fingerprint density at radius 3 is 2.67 bits per heavy atom. The number of aromatic carboxylic acids is 1. The molecule has 2 aliphatic rings. The van der Waals surface area contributed by atoms with Gasteiger partial charge in [0.1, 0.15) is 23.4 Å². The van der Waals surface area contributed by atoms with Crippen molar-refractivity contribution in [3.05, 3.63) is 82.6 Å². The van der Waals surface area contributed by atoms with Crippen LogP contribution in [0.1, 0.15) is 34.8 Å². The number of rotatable bonds is 4. The first-order valence-electron chi connectivity index (χ1n) is 9.38. The Bertz CT molecular complexity index is 1160. The number of carboxylic acid groups (broad SMARTS) is 1. The molecule has 30 heavy (non-hydrogen) atoms. The molecule has 1 atom stereocenters. The Hall–Kier alpha value is -4.00. The number of hydrogen-bond donors (Lipinski definition) is 4. The summed E-state index contributed by atoms with van der Waals surface area (Å²) in [6, 6.07) is 9.24. The van der Waals surface area contributed by atoms with Crippen molar-refractivity contribution < 1.29 is 29.6 Å². The molecule has 1 unspecified atom stereocenters. The summed E-state index contributed by atoms with van der Waals surface area (Å²) in [7, 11) is 0. The van der Waals surface area contributed by atoms with Crippen LogP contribution in [0.2, 0.25) is 0 Å². The zero-order chi connectivity index (χ0) is 21.4. The van der Waals surface area contributed by atoms with Crippen LogP contribution in [-0.2, 0) is 4.79 Å². The number of allylic oxidation sites excluding steroid dienone is 1. The molecule has 2 aromatic carbocycles. The van der Waals surface area contributed by atoms with Crippen LogP contribution < -0.4 is 10.1 Å². The van der Waals surface area contributed by atoms with Crippen LogP contribution >= 0.6 is 0 Å². The standard InChI is InChI=1S/C23H19NO6/c1-2-20(27)24-17-5-3-4-16(23(28)29)22(17)21-14-8-6-12(25)10-18(14)30-19-11-13(26)7-9-15(19)21/h3-11,18,25-26H,2H2,1H3,(H,24,27)(H,28,29). The lowest BCUT2D eigenvalue weighted by atomic mass is 9.83. The molecule has 0 fully saturated rings. The minimum absolute atomic E-state index is 0.0118. The molecule has 0 saturated heterocycles. The van der Waals surface area contributed by atoms with Gasteiger partial charge in [-0.15, -0.1) is 0 Å². The van der Waals surface area contributed by atoms with E-state index < -0.39 is 12.1 Å². The summed E-state index contributed by atoms with van der Waals surface area (Å²) in [6.07, 6.45) is 4.20. The molecule has 1 amide bonds. The van der Waals surface area contributed by atoms with Gasteiger partial charge in [-0.1, -0.05) is 19.1 Å². The average molecular weight is 405 g/mol. The fourth-order valence-corrected chi connectivity index (χ4v) is 3.62. The smallest absolute Gasteiger partial charge is 0.336 e. The van der Waals surface area contributed by atoms with E-state index >= 15 is 0 Å². The Balaban J connectivity index is 2.05. The molecule has 0 aromatic heterocycles. The maximum absolute atomic E-state index is 12.1. The minimum atomic E-state index is -1.15. The second kappa shape index (κ2) is 7.44. The molecule has 7 nitrogen and oxygen atoms in total. The number of nitrogens with one attached hydrogen (secondary N) is 1. The van der Waals surface area contributed by atoms with Crippen LogP contribution in [-0.4, -0.2) is 33.3 Å². The van der Waals surface area contributed by atoms with Crippen LogP contribution in [0.5, 0.6) is 11.5 Å². The highest BCUT2D eigenvalue weighted by molar-refractivity contribution is 6.05. The molecule has 4 rings (SSSR count). The molecular formula is C23H19NO6. The van der Waals surface area contributed by atoms with Gasteiger partial charge in [-0.25, -0.2) is 4.79 Å². The quantitative estimate of drug-likeness (QED) is 0.611. The number of amides is 1. The van der Waals surface area contributed by atoms with E-state index in [1.165, 1.54) is 30.4 Å². The van der Waals surface area contributed by atoms with Gasteiger partial charge in [0, 0.05) is 46.5 Å². The molecule has 7 heteroatoms. The summed E-state index contributed by atoms with van der Waals surface area (Å²) < 4.78 is 5.94. The fraction of sp³-hybridized carbons (Fsp3) is 0.130. The maximum Gasteiger partial charge on any atom is 0.336 e. The highest BCUT2D eigenvalue weighted by atomic mass is 16.5. The monoisotopic (exact) mass is 405 g/mol. The van der Waals surface area contributed by atoms with Gasteiger partial charge in [0.15, 0.2) is 0 Å². The SMILES string of the molecule is CCC(=O)Nc1cccc(C(=O)O)c1C1=C2C=CC(O)=CC2Oc2cc(O)ccc21. The summed E-state index contributed by atoms with van der Waals surface area (Å²) in [4.78, 5) is 24.2. The van der Waals surface area contributed by atoms with Crippen LogP contribution in [0.25, 0.3) is 5.57 Å². The van der Waals surface area contributed by atoms with Crippen LogP contribution in [0, 0.1) is 0 Å². The lowest BCUT2D eigenvalue weighted by molar-refractivity contribution is -0.115.